The first kappa shape index (κ1) is 16.3. The first-order valence-corrected chi connectivity index (χ1v) is 8.11. The molecule has 0 saturated carbocycles. The van der Waals surface area contributed by atoms with Crippen molar-refractivity contribution in [2.45, 2.75) is 52.4 Å². The zero-order valence-electron chi connectivity index (χ0n) is 13.9. The number of methoxy groups -OCH3 is 1. The zero-order valence-corrected chi connectivity index (χ0v) is 13.9. The summed E-state index contributed by atoms with van der Waals surface area (Å²) < 4.78 is 11.4. The molecule has 1 aliphatic heterocycles. The smallest absolute Gasteiger partial charge is 0.119 e. The Balaban J connectivity index is 2.29. The third-order valence-electron chi connectivity index (χ3n) is 4.77. The van der Waals surface area contributed by atoms with Crippen molar-refractivity contribution in [2.75, 3.05) is 13.7 Å². The van der Waals surface area contributed by atoms with Crippen LogP contribution >= 0.6 is 0 Å². The highest BCUT2D eigenvalue weighted by Gasteiger charge is 2.42. The molecule has 1 heterocycles. The van der Waals surface area contributed by atoms with Crippen LogP contribution in [0.5, 0.6) is 5.75 Å². The summed E-state index contributed by atoms with van der Waals surface area (Å²) in [5.41, 5.74) is 1.30. The Kier molecular flexibility index (Phi) is 5.65. The van der Waals surface area contributed by atoms with Crippen LogP contribution in [0.25, 0.3) is 0 Å². The van der Waals surface area contributed by atoms with Gasteiger partial charge in [-0.05, 0) is 50.4 Å². The van der Waals surface area contributed by atoms with Crippen LogP contribution in [0.2, 0.25) is 0 Å². The minimum atomic E-state index is 0.274. The van der Waals surface area contributed by atoms with E-state index in [1.54, 1.807) is 7.11 Å². The van der Waals surface area contributed by atoms with Crippen LogP contribution in [-0.4, -0.2) is 25.9 Å². The van der Waals surface area contributed by atoms with Crippen molar-refractivity contribution in [3.8, 4) is 5.75 Å². The molecule has 0 radical (unpaired) electrons. The molecule has 0 aromatic heterocycles. The first-order valence-electron chi connectivity index (χ1n) is 8.11. The zero-order chi connectivity index (χ0) is 15.4. The second-order valence-corrected chi connectivity index (χ2v) is 6.19. The first-order chi connectivity index (χ1) is 10.1. The number of hydrogen-bond acceptors (Lipinski definition) is 3. The Hall–Kier alpha value is -1.06. The third kappa shape index (κ3) is 3.58. The van der Waals surface area contributed by atoms with Crippen molar-refractivity contribution in [1.82, 2.24) is 5.32 Å². The van der Waals surface area contributed by atoms with Gasteiger partial charge in [0, 0.05) is 12.0 Å². The van der Waals surface area contributed by atoms with E-state index in [0.717, 1.165) is 18.7 Å². The van der Waals surface area contributed by atoms with Gasteiger partial charge in [-0.25, -0.2) is 0 Å². The minimum Gasteiger partial charge on any atom is -0.497 e. The largest absolute Gasteiger partial charge is 0.497 e. The van der Waals surface area contributed by atoms with E-state index in [1.165, 1.54) is 5.56 Å². The highest BCUT2D eigenvalue weighted by atomic mass is 16.5. The number of nitrogens with one attached hydrogen (secondary N) is 1. The van der Waals surface area contributed by atoms with Crippen molar-refractivity contribution in [2.24, 2.45) is 11.8 Å². The number of benzene rings is 1. The van der Waals surface area contributed by atoms with Gasteiger partial charge in [0.15, 0.2) is 0 Å². The van der Waals surface area contributed by atoms with Gasteiger partial charge in [0.25, 0.3) is 0 Å². The van der Waals surface area contributed by atoms with Crippen LogP contribution in [-0.2, 0) is 4.74 Å². The maximum absolute atomic E-state index is 6.05. The van der Waals surface area contributed by atoms with Crippen LogP contribution in [0.15, 0.2) is 24.3 Å². The Morgan fingerprint density at radius 3 is 2.57 bits per heavy atom. The highest BCUT2D eigenvalue weighted by Crippen LogP contribution is 2.41. The summed E-state index contributed by atoms with van der Waals surface area (Å²) in [7, 11) is 1.72. The van der Waals surface area contributed by atoms with E-state index >= 15 is 0 Å². The van der Waals surface area contributed by atoms with E-state index in [0.29, 0.717) is 24.0 Å². The molecule has 21 heavy (non-hydrogen) atoms. The van der Waals surface area contributed by atoms with E-state index in [-0.39, 0.29) is 6.10 Å². The summed E-state index contributed by atoms with van der Waals surface area (Å²) >= 11 is 0. The molecule has 1 aromatic carbocycles. The summed E-state index contributed by atoms with van der Waals surface area (Å²) in [4.78, 5) is 0. The van der Waals surface area contributed by atoms with Crippen LogP contribution in [0.1, 0.15) is 45.7 Å². The molecule has 1 aromatic rings. The lowest BCUT2D eigenvalue weighted by molar-refractivity contribution is 0.0475. The Morgan fingerprint density at radius 1 is 1.24 bits per heavy atom. The van der Waals surface area contributed by atoms with Gasteiger partial charge in [-0.1, -0.05) is 26.0 Å². The molecule has 1 N–H and O–H groups in total. The maximum Gasteiger partial charge on any atom is 0.119 e. The summed E-state index contributed by atoms with van der Waals surface area (Å²) in [5, 5.41) is 3.72. The molecule has 5 unspecified atom stereocenters. The number of hydrogen-bond donors (Lipinski definition) is 1. The van der Waals surface area contributed by atoms with E-state index in [9.17, 15) is 0 Å². The average Bonchev–Trinajstić information content (AvgIpc) is 2.74. The van der Waals surface area contributed by atoms with Gasteiger partial charge >= 0.3 is 0 Å². The molecule has 0 bridgehead atoms. The van der Waals surface area contributed by atoms with Crippen LogP contribution in [0.4, 0.5) is 0 Å². The van der Waals surface area contributed by atoms with Gasteiger partial charge in [-0.2, -0.15) is 0 Å². The predicted molar refractivity (Wildman–Crippen MR) is 86.7 cm³/mol. The lowest BCUT2D eigenvalue weighted by Crippen LogP contribution is -2.35. The fourth-order valence-electron chi connectivity index (χ4n) is 3.48. The summed E-state index contributed by atoms with van der Waals surface area (Å²) in [6.07, 6.45) is 1.73. The molecule has 5 atom stereocenters. The molecule has 1 aliphatic rings. The van der Waals surface area contributed by atoms with Crippen LogP contribution < -0.4 is 10.1 Å². The van der Waals surface area contributed by atoms with Crippen LogP contribution in [0.3, 0.4) is 0 Å². The molecule has 0 aliphatic carbocycles. The number of ether oxygens (including phenoxy) is 2. The van der Waals surface area contributed by atoms with Crippen molar-refractivity contribution in [3.63, 3.8) is 0 Å². The Morgan fingerprint density at radius 2 is 2.00 bits per heavy atom. The third-order valence-corrected chi connectivity index (χ3v) is 4.77. The van der Waals surface area contributed by atoms with Gasteiger partial charge in [0.05, 0.1) is 19.3 Å². The quantitative estimate of drug-likeness (QED) is 0.865. The van der Waals surface area contributed by atoms with Crippen molar-refractivity contribution in [3.05, 3.63) is 29.8 Å². The fourth-order valence-corrected chi connectivity index (χ4v) is 3.48. The Labute approximate surface area is 129 Å². The van der Waals surface area contributed by atoms with Crippen LogP contribution in [0, 0.1) is 11.8 Å². The second kappa shape index (κ2) is 7.28. The van der Waals surface area contributed by atoms with Gasteiger partial charge in [-0.15, -0.1) is 0 Å². The topological polar surface area (TPSA) is 30.5 Å². The maximum atomic E-state index is 6.05. The molecular weight excluding hydrogens is 262 g/mol. The average molecular weight is 291 g/mol. The van der Waals surface area contributed by atoms with Crippen molar-refractivity contribution in [1.29, 1.82) is 0 Å². The molecule has 3 nitrogen and oxygen atoms in total. The SMILES string of the molecule is CCCNC(c1cccc(OC)c1)C1C(C)OC(C)C1C. The molecule has 2 rings (SSSR count). The lowest BCUT2D eigenvalue weighted by atomic mass is 9.80. The molecular formula is C18H29NO2. The fraction of sp³-hybridized carbons (Fsp3) is 0.667. The van der Waals surface area contributed by atoms with E-state index in [2.05, 4.69) is 51.2 Å². The molecule has 118 valence electrons. The Bertz CT molecular complexity index is 449. The highest BCUT2D eigenvalue weighted by molar-refractivity contribution is 5.31. The predicted octanol–water partition coefficient (Wildman–Crippen LogP) is 3.80. The molecule has 0 amide bonds. The minimum absolute atomic E-state index is 0.274. The standard InChI is InChI=1S/C18H29NO2/c1-6-10-19-18(15-8-7-9-16(11-15)20-5)17-12(2)13(3)21-14(17)4/h7-9,11-14,17-19H,6,10H2,1-5H3. The van der Waals surface area contributed by atoms with Gasteiger partial charge in [-0.3, -0.25) is 0 Å². The molecule has 1 fully saturated rings. The monoisotopic (exact) mass is 291 g/mol. The molecule has 0 spiro atoms. The lowest BCUT2D eigenvalue weighted by Gasteiger charge is -2.30. The normalized spacial score (nSPS) is 30.3. The van der Waals surface area contributed by atoms with E-state index in [4.69, 9.17) is 9.47 Å². The second-order valence-electron chi connectivity index (χ2n) is 6.19. The van der Waals surface area contributed by atoms with Gasteiger partial charge < -0.3 is 14.8 Å². The van der Waals surface area contributed by atoms with Gasteiger partial charge in [0.2, 0.25) is 0 Å². The number of rotatable bonds is 6. The van der Waals surface area contributed by atoms with Crippen molar-refractivity contribution >= 4 is 0 Å². The summed E-state index contributed by atoms with van der Waals surface area (Å²) in [5.74, 6) is 1.95. The van der Waals surface area contributed by atoms with E-state index in [1.807, 2.05) is 6.07 Å². The summed E-state index contributed by atoms with van der Waals surface area (Å²) in [6.45, 7) is 9.91. The van der Waals surface area contributed by atoms with Crippen molar-refractivity contribution < 1.29 is 9.47 Å². The van der Waals surface area contributed by atoms with Gasteiger partial charge in [0.1, 0.15) is 5.75 Å². The molecule has 1 saturated heterocycles. The summed E-state index contributed by atoms with van der Waals surface area (Å²) in [6, 6.07) is 8.73. The molecule has 3 heteroatoms. The van der Waals surface area contributed by atoms with E-state index < -0.39 is 0 Å².